The first-order valence-electron chi connectivity index (χ1n) is 9.15. The number of hydrogen-bond donors (Lipinski definition) is 0. The highest BCUT2D eigenvalue weighted by molar-refractivity contribution is 7.86. The number of hydrogen-bond acceptors (Lipinski definition) is 7. The molecule has 0 fully saturated rings. The molecule has 0 amide bonds. The lowest BCUT2D eigenvalue weighted by Gasteiger charge is -2.17. The Kier molecular flexibility index (Phi) is 4.87. The summed E-state index contributed by atoms with van der Waals surface area (Å²) in [4.78, 5) is 17.3. The molecular formula is C22H18N2O5S. The van der Waals surface area contributed by atoms with Gasteiger partial charge in [0.15, 0.2) is 5.76 Å². The number of fused-ring (bicyclic) bond motifs is 1. The molecule has 152 valence electrons. The van der Waals surface area contributed by atoms with Gasteiger partial charge in [-0.3, -0.25) is 4.79 Å². The molecular weight excluding hydrogens is 404 g/mol. The van der Waals surface area contributed by atoms with Gasteiger partial charge in [-0.15, -0.1) is 0 Å². The summed E-state index contributed by atoms with van der Waals surface area (Å²) >= 11 is 0. The highest BCUT2D eigenvalue weighted by Gasteiger charge is 2.30. The molecule has 0 radical (unpaired) electrons. The van der Waals surface area contributed by atoms with E-state index >= 15 is 0 Å². The summed E-state index contributed by atoms with van der Waals surface area (Å²) in [6.45, 7) is 5.45. The number of benzene rings is 2. The van der Waals surface area contributed by atoms with Crippen molar-refractivity contribution in [2.24, 2.45) is 4.99 Å². The van der Waals surface area contributed by atoms with Gasteiger partial charge in [-0.1, -0.05) is 47.1 Å². The number of carbonyl (C=O) groups is 1. The van der Waals surface area contributed by atoms with Gasteiger partial charge in [0.1, 0.15) is 4.90 Å². The molecule has 0 N–H and O–H groups in total. The first-order valence-corrected chi connectivity index (χ1v) is 10.6. The zero-order valence-corrected chi connectivity index (χ0v) is 17.4. The van der Waals surface area contributed by atoms with Crippen LogP contribution in [-0.2, 0) is 14.3 Å². The van der Waals surface area contributed by atoms with Crippen molar-refractivity contribution in [3.63, 3.8) is 0 Å². The van der Waals surface area contributed by atoms with Crippen molar-refractivity contribution >= 4 is 27.5 Å². The molecule has 2 aromatic carbocycles. The van der Waals surface area contributed by atoms with Crippen LogP contribution in [0.4, 0.5) is 5.88 Å². The van der Waals surface area contributed by atoms with E-state index in [-0.39, 0.29) is 16.5 Å². The van der Waals surface area contributed by atoms with Gasteiger partial charge in [-0.2, -0.15) is 8.42 Å². The number of nitrogens with zero attached hydrogens (tertiary/aromatic N) is 2. The van der Waals surface area contributed by atoms with E-state index in [1.807, 2.05) is 13.8 Å². The summed E-state index contributed by atoms with van der Waals surface area (Å²) in [6.07, 6.45) is 1.31. The minimum absolute atomic E-state index is 0.0409. The highest BCUT2D eigenvalue weighted by Crippen LogP contribution is 2.29. The van der Waals surface area contributed by atoms with E-state index < -0.39 is 15.9 Å². The van der Waals surface area contributed by atoms with E-state index in [1.165, 1.54) is 18.2 Å². The van der Waals surface area contributed by atoms with Crippen LogP contribution in [0.15, 0.2) is 74.8 Å². The molecule has 0 spiro atoms. The monoisotopic (exact) mass is 422 g/mol. The maximum Gasteiger partial charge on any atom is 0.339 e. The van der Waals surface area contributed by atoms with Crippen LogP contribution in [0.3, 0.4) is 0 Å². The minimum Gasteiger partial charge on any atom is -0.375 e. The summed E-state index contributed by atoms with van der Waals surface area (Å²) < 4.78 is 35.9. The van der Waals surface area contributed by atoms with Gasteiger partial charge in [0.2, 0.25) is 5.78 Å². The topological polar surface area (TPSA) is 98.8 Å². The van der Waals surface area contributed by atoms with E-state index in [0.717, 1.165) is 11.1 Å². The smallest absolute Gasteiger partial charge is 0.339 e. The number of Topliss-reactive ketones (excluding diaryl/α,β-unsaturated/α-hetero) is 1. The fraction of sp³-hybridized carbons (Fsp3) is 0.136. The predicted octanol–water partition coefficient (Wildman–Crippen LogP) is 4.21. The molecule has 30 heavy (non-hydrogen) atoms. The van der Waals surface area contributed by atoms with E-state index in [9.17, 15) is 13.2 Å². The zero-order chi connectivity index (χ0) is 21.5. The Morgan fingerprint density at radius 1 is 0.967 bits per heavy atom. The Hall–Kier alpha value is -3.52. The van der Waals surface area contributed by atoms with Crippen LogP contribution in [0.25, 0.3) is 0 Å². The Balaban J connectivity index is 1.80. The molecule has 1 aromatic heterocycles. The maximum atomic E-state index is 12.9. The third-order valence-corrected chi connectivity index (χ3v) is 6.05. The van der Waals surface area contributed by atoms with Crippen molar-refractivity contribution in [2.45, 2.75) is 25.7 Å². The van der Waals surface area contributed by atoms with Gasteiger partial charge in [0.25, 0.3) is 5.88 Å². The Morgan fingerprint density at radius 3 is 2.27 bits per heavy atom. The number of rotatable bonds is 4. The lowest BCUT2D eigenvalue weighted by molar-refractivity contribution is 0.0986. The second-order valence-corrected chi connectivity index (χ2v) is 8.48. The second kappa shape index (κ2) is 7.38. The molecule has 0 aliphatic heterocycles. The molecule has 1 heterocycles. The fourth-order valence-electron chi connectivity index (χ4n) is 2.95. The van der Waals surface area contributed by atoms with Crippen LogP contribution in [0.2, 0.25) is 0 Å². The van der Waals surface area contributed by atoms with Crippen molar-refractivity contribution in [1.29, 1.82) is 0 Å². The molecule has 1 aliphatic carbocycles. The summed E-state index contributed by atoms with van der Waals surface area (Å²) in [5, 5.41) is 3.88. The quantitative estimate of drug-likeness (QED) is 0.584. The third kappa shape index (κ3) is 3.57. The van der Waals surface area contributed by atoms with Crippen molar-refractivity contribution in [3.05, 3.63) is 88.3 Å². The number of aliphatic imine (C=N–C) groups is 1. The number of ketones is 1. The molecule has 4 rings (SSSR count). The van der Waals surface area contributed by atoms with Crippen LogP contribution in [-0.4, -0.2) is 25.1 Å². The van der Waals surface area contributed by atoms with Gasteiger partial charge in [0.05, 0.1) is 11.4 Å². The van der Waals surface area contributed by atoms with Gasteiger partial charge in [-0.05, 0) is 32.9 Å². The molecule has 0 saturated heterocycles. The average Bonchev–Trinajstić information content (AvgIpc) is 3.04. The molecule has 3 aromatic rings. The van der Waals surface area contributed by atoms with Crippen molar-refractivity contribution in [3.8, 4) is 0 Å². The van der Waals surface area contributed by atoms with Gasteiger partial charge in [-0.25, -0.2) is 4.99 Å². The van der Waals surface area contributed by atoms with Crippen molar-refractivity contribution in [1.82, 2.24) is 5.16 Å². The second-order valence-electron chi connectivity index (χ2n) is 6.93. The number of aromatic nitrogens is 1. The maximum absolute atomic E-state index is 12.9. The molecule has 0 atom stereocenters. The molecule has 0 unspecified atom stereocenters. The van der Waals surface area contributed by atoms with Crippen LogP contribution in [0.1, 0.15) is 32.7 Å². The van der Waals surface area contributed by atoms with E-state index in [4.69, 9.17) is 8.71 Å². The van der Waals surface area contributed by atoms with Crippen LogP contribution in [0.5, 0.6) is 0 Å². The standard InChI is InChI=1S/C22H18N2O5S/c1-13-8-10-16(11-9-13)30(26,27)29-20-12-19(23-22-14(2)15(3)24-28-22)17-6-4-5-7-18(17)21(20)25/h4-12H,1-3H3/b23-19-. The fourth-order valence-corrected chi connectivity index (χ4v) is 3.87. The minimum atomic E-state index is -4.19. The Bertz CT molecular complexity index is 1320. The average molecular weight is 422 g/mol. The normalized spacial score (nSPS) is 15.1. The van der Waals surface area contributed by atoms with Gasteiger partial charge in [0, 0.05) is 22.8 Å². The first-order chi connectivity index (χ1) is 14.3. The highest BCUT2D eigenvalue weighted by atomic mass is 32.2. The SMILES string of the molecule is Cc1ccc(S(=O)(=O)OC2=C/C(=N/c3onc(C)c3C)c3ccccc3C2=O)cc1. The largest absolute Gasteiger partial charge is 0.375 e. The van der Waals surface area contributed by atoms with Crippen LogP contribution in [0, 0.1) is 20.8 Å². The number of carbonyl (C=O) groups excluding carboxylic acids is 1. The summed E-state index contributed by atoms with van der Waals surface area (Å²) in [5.74, 6) is -0.587. The van der Waals surface area contributed by atoms with E-state index in [0.29, 0.717) is 22.5 Å². The molecule has 7 nitrogen and oxygen atoms in total. The van der Waals surface area contributed by atoms with E-state index in [2.05, 4.69) is 10.1 Å². The molecule has 0 bridgehead atoms. The first kappa shape index (κ1) is 19.8. The van der Waals surface area contributed by atoms with Gasteiger partial charge >= 0.3 is 10.1 Å². The molecule has 0 saturated carbocycles. The van der Waals surface area contributed by atoms with Crippen molar-refractivity contribution in [2.75, 3.05) is 0 Å². The van der Waals surface area contributed by atoms with E-state index in [1.54, 1.807) is 43.3 Å². The van der Waals surface area contributed by atoms with Crippen LogP contribution < -0.4 is 0 Å². The van der Waals surface area contributed by atoms with Crippen molar-refractivity contribution < 1.29 is 21.9 Å². The summed E-state index contributed by atoms with van der Waals surface area (Å²) in [5.41, 5.74) is 3.54. The Morgan fingerprint density at radius 2 is 1.63 bits per heavy atom. The number of aryl methyl sites for hydroxylation is 2. The summed E-state index contributed by atoms with van der Waals surface area (Å²) in [7, 11) is -4.19. The molecule has 1 aliphatic rings. The van der Waals surface area contributed by atoms with Gasteiger partial charge < -0.3 is 8.71 Å². The Labute approximate surface area is 173 Å². The lowest BCUT2D eigenvalue weighted by Crippen LogP contribution is -2.21. The number of allylic oxidation sites excluding steroid dienone is 2. The predicted molar refractivity (Wildman–Crippen MR) is 110 cm³/mol. The third-order valence-electron chi connectivity index (χ3n) is 4.80. The zero-order valence-electron chi connectivity index (χ0n) is 16.5. The molecule has 8 heteroatoms. The lowest BCUT2D eigenvalue weighted by atomic mass is 9.93. The summed E-state index contributed by atoms with van der Waals surface area (Å²) in [6, 6.07) is 13.0. The van der Waals surface area contributed by atoms with Crippen LogP contribution >= 0.6 is 0 Å².